The number of fused-ring (bicyclic) bond motifs is 4. The molecule has 112 heavy (non-hydrogen) atoms. The van der Waals surface area contributed by atoms with E-state index >= 15 is 0 Å². The van der Waals surface area contributed by atoms with E-state index in [4.69, 9.17) is 18.1 Å². The number of carboxylic acids is 4. The smallest absolute Gasteiger partial charge is 0.327 e. The van der Waals surface area contributed by atoms with Gasteiger partial charge in [-0.25, -0.2) is 19.2 Å². The van der Waals surface area contributed by atoms with Gasteiger partial charge in [0.15, 0.2) is 0 Å². The molecule has 4 aromatic carbocycles. The summed E-state index contributed by atoms with van der Waals surface area (Å²) in [5.41, 5.74) is 5.63. The van der Waals surface area contributed by atoms with Crippen LogP contribution in [0.25, 0.3) is 45.0 Å². The summed E-state index contributed by atoms with van der Waals surface area (Å²) < 4.78 is 18.3. The van der Waals surface area contributed by atoms with Gasteiger partial charge in [0.2, 0.25) is 23.6 Å². The highest BCUT2D eigenvalue weighted by Gasteiger charge is 2.68. The third-order valence-corrected chi connectivity index (χ3v) is 26.7. The van der Waals surface area contributed by atoms with E-state index in [2.05, 4.69) is 41.9 Å². The van der Waals surface area contributed by atoms with Crippen LogP contribution in [0, 0.1) is 27.7 Å². The van der Waals surface area contributed by atoms with Gasteiger partial charge in [-0.1, -0.05) is 142 Å². The number of nitrogens with one attached hydrogen (secondary N) is 4. The molecule has 0 radical (unpaired) electrons. The third kappa shape index (κ3) is 13.9. The zero-order chi connectivity index (χ0) is 80.9. The molecule has 584 valence electrons. The highest BCUT2D eigenvalue weighted by Crippen LogP contribution is 2.55. The summed E-state index contributed by atoms with van der Waals surface area (Å²) in [7, 11) is 0. The quantitative estimate of drug-likeness (QED) is 0.0432. The van der Waals surface area contributed by atoms with Crippen LogP contribution < -0.4 is 21.3 Å². The van der Waals surface area contributed by atoms with Crippen molar-refractivity contribution in [2.45, 2.75) is 172 Å². The molecule has 36 heteroatoms. The first kappa shape index (κ1) is 78.9. The average Bonchev–Trinajstić information content (AvgIpc) is 1.58. The van der Waals surface area contributed by atoms with Gasteiger partial charge in [0.05, 0.1) is 0 Å². The van der Waals surface area contributed by atoms with Crippen molar-refractivity contribution < 1.29 is 96.1 Å². The number of rotatable bonds is 16. The number of amides is 8. The molecule has 8 saturated heterocycles. The van der Waals surface area contributed by atoms with Crippen molar-refractivity contribution in [3.63, 3.8) is 0 Å². The Morgan fingerprint density at radius 2 is 0.491 bits per heavy atom. The number of thioether (sulfide) groups is 4. The topological polar surface area (TPSA) is 451 Å². The molecule has 32 nitrogen and oxygen atoms in total. The van der Waals surface area contributed by atoms with Crippen molar-refractivity contribution in [2.24, 2.45) is 0 Å². The molecule has 8 aromatic rings. The van der Waals surface area contributed by atoms with Crippen LogP contribution >= 0.6 is 47.0 Å². The minimum absolute atomic E-state index is 0.273. The van der Waals surface area contributed by atoms with Gasteiger partial charge in [0.25, 0.3) is 23.6 Å². The maximum Gasteiger partial charge on any atom is 0.327 e. The van der Waals surface area contributed by atoms with E-state index in [9.17, 15) is 78.0 Å². The molecule has 12 heterocycles. The number of carbonyl (C=O) groups excluding carboxylic acids is 8. The lowest BCUT2D eigenvalue weighted by atomic mass is 9.95. The van der Waals surface area contributed by atoms with Crippen LogP contribution in [0.1, 0.15) is 120 Å². The maximum absolute atomic E-state index is 12.9. The van der Waals surface area contributed by atoms with Gasteiger partial charge >= 0.3 is 23.9 Å². The fraction of sp³-hybridized carbons (Fsp3) is 0.368. The number of carbonyl (C=O) groups is 12. The molecular formula is C76H76N12O20S4. The molecule has 0 unspecified atom stereocenters. The Morgan fingerprint density at radius 3 is 0.652 bits per heavy atom. The normalized spacial score (nSPS) is 25.2. The first-order valence-electron chi connectivity index (χ1n) is 35.1. The molecule has 12 atom stereocenters. The van der Waals surface area contributed by atoms with Gasteiger partial charge in [0.1, 0.15) is 138 Å². The van der Waals surface area contributed by atoms with Crippen molar-refractivity contribution in [1.29, 1.82) is 0 Å². The number of carboxylic acid groups (broad SMARTS) is 4. The number of aromatic nitrogens is 4. The number of aryl methyl sites for hydroxylation is 4. The molecule has 0 saturated carbocycles. The largest absolute Gasteiger partial charge is 0.480 e. The van der Waals surface area contributed by atoms with Crippen molar-refractivity contribution in [3.05, 3.63) is 167 Å². The second-order valence-corrected chi connectivity index (χ2v) is 36.6. The Labute approximate surface area is 655 Å². The van der Waals surface area contributed by atoms with Gasteiger partial charge in [0, 0.05) is 41.2 Å². The number of benzene rings is 4. The van der Waals surface area contributed by atoms with E-state index in [0.717, 1.165) is 22.3 Å². The van der Waals surface area contributed by atoms with Crippen LogP contribution in [0.4, 0.5) is 0 Å². The molecule has 8 fully saturated rings. The van der Waals surface area contributed by atoms with Gasteiger partial charge in [-0.05, 0) is 83.1 Å². The third-order valence-electron chi connectivity index (χ3n) is 20.4. The Morgan fingerprint density at radius 1 is 0.321 bits per heavy atom. The molecule has 4 aromatic heterocycles. The lowest BCUT2D eigenvalue weighted by Gasteiger charge is -2.43. The molecule has 8 aliphatic rings. The van der Waals surface area contributed by atoms with Crippen LogP contribution in [-0.4, -0.2) is 221 Å². The highest BCUT2D eigenvalue weighted by molar-refractivity contribution is 8.02. The summed E-state index contributed by atoms with van der Waals surface area (Å²) in [6, 6.07) is 29.8. The molecule has 0 spiro atoms. The summed E-state index contributed by atoms with van der Waals surface area (Å²) in [6.45, 7) is 20.9. The van der Waals surface area contributed by atoms with Crippen molar-refractivity contribution in [2.75, 3.05) is 0 Å². The van der Waals surface area contributed by atoms with Gasteiger partial charge in [-0.2, -0.15) is 0 Å². The fourth-order valence-electron chi connectivity index (χ4n) is 15.2. The lowest BCUT2D eigenvalue weighted by molar-refractivity contribution is -0.159. The van der Waals surface area contributed by atoms with Crippen molar-refractivity contribution >= 4 is 118 Å². The molecular weight excluding hydrogens is 1530 g/mol. The van der Waals surface area contributed by atoms with E-state index in [1.807, 2.05) is 121 Å². The monoisotopic (exact) mass is 1600 g/mol. The van der Waals surface area contributed by atoms with Crippen LogP contribution in [0.2, 0.25) is 0 Å². The van der Waals surface area contributed by atoms with E-state index < -0.39 is 136 Å². The lowest BCUT2D eigenvalue weighted by Crippen LogP contribution is -2.70. The Bertz CT molecular complexity index is 4520. The second-order valence-electron chi connectivity index (χ2n) is 29.5. The molecule has 16 rings (SSSR count). The summed E-state index contributed by atoms with van der Waals surface area (Å²) in [4.78, 5) is 154. The van der Waals surface area contributed by atoms with Crippen molar-refractivity contribution in [1.82, 2.24) is 61.5 Å². The Balaban J connectivity index is 0.000000131. The van der Waals surface area contributed by atoms with Crippen LogP contribution in [-0.2, 0) is 38.4 Å². The van der Waals surface area contributed by atoms with Crippen molar-refractivity contribution in [3.8, 4) is 45.0 Å². The second kappa shape index (κ2) is 29.8. The number of β-lactam (4-membered cyclic amide) rings is 4. The number of hydrogen-bond acceptors (Lipinski definition) is 24. The van der Waals surface area contributed by atoms with Crippen LogP contribution in [0.15, 0.2) is 139 Å². The predicted molar refractivity (Wildman–Crippen MR) is 407 cm³/mol. The molecule has 8 amide bonds. The van der Waals surface area contributed by atoms with Crippen LogP contribution in [0.5, 0.6) is 0 Å². The van der Waals surface area contributed by atoms with E-state index in [1.54, 1.807) is 83.1 Å². The number of aliphatic carboxylic acids is 4. The summed E-state index contributed by atoms with van der Waals surface area (Å²) >= 11 is 5.52. The van der Waals surface area contributed by atoms with Gasteiger partial charge < -0.3 is 79.4 Å². The number of nitrogens with zero attached hydrogens (tertiary/aromatic N) is 8. The Kier molecular flexibility index (Phi) is 21.0. The summed E-state index contributed by atoms with van der Waals surface area (Å²) in [5.74, 6) is -6.19. The first-order chi connectivity index (χ1) is 52.9. The standard InChI is InChI=1S/4C19H19N3O5S/c4*1-9-11(12(21-27-9)10-7-5-4-6-8-10)15(23)20-13-16(24)22-14(18(25)26)19(2,3)28-17(13)22/h4*4-8,13-14,17H,1-3H3,(H,20,23)(H,25,26)/t4*13-,14+,17-/m1111/s1. The molecule has 8 aliphatic heterocycles. The fourth-order valence-corrected chi connectivity index (χ4v) is 21.7. The minimum Gasteiger partial charge on any atom is -0.480 e. The highest BCUT2D eigenvalue weighted by atomic mass is 32.2. The van der Waals surface area contributed by atoms with E-state index in [-0.39, 0.29) is 45.9 Å². The maximum atomic E-state index is 12.9. The Hall–Kier alpha value is -11.2. The summed E-state index contributed by atoms with van der Waals surface area (Å²) in [5, 5.41) is 63.3. The first-order valence-corrected chi connectivity index (χ1v) is 38.6. The SMILES string of the molecule is Cc1onc(-c2ccccc2)c1C(=O)N[C@@H]1C(=O)N2[C@@H]1SC(C)(C)[C@@H]2C(=O)O.Cc1onc(-c2ccccc2)c1C(=O)N[C@@H]1C(=O)N2[C@@H]1SC(C)(C)[C@@H]2C(=O)O.Cc1onc(-c2ccccc2)c1C(=O)N[C@@H]1C(=O)N2[C@@H]1SC(C)(C)[C@@H]2C(=O)O.Cc1onc(-c2ccccc2)c1C(=O)N[C@@H]1C(=O)N2[C@@H]1SC(C)(C)[C@@H]2C(=O)O. The predicted octanol–water partition coefficient (Wildman–Crippen LogP) is 7.58. The van der Waals surface area contributed by atoms with Gasteiger partial charge in [-0.15, -0.1) is 47.0 Å². The molecule has 8 N–H and O–H groups in total. The van der Waals surface area contributed by atoms with Crippen LogP contribution in [0.3, 0.4) is 0 Å². The zero-order valence-electron chi connectivity index (χ0n) is 62.0. The van der Waals surface area contributed by atoms with E-state index in [1.165, 1.54) is 66.6 Å². The molecule has 0 bridgehead atoms. The van der Waals surface area contributed by atoms with E-state index in [0.29, 0.717) is 45.8 Å². The summed E-state index contributed by atoms with van der Waals surface area (Å²) in [6.07, 6.45) is 0. The average molecular weight is 1610 g/mol. The zero-order valence-corrected chi connectivity index (χ0v) is 65.3. The van der Waals surface area contributed by atoms with Gasteiger partial charge in [-0.3, -0.25) is 38.4 Å². The minimum atomic E-state index is -1.04. The number of hydrogen-bond donors (Lipinski definition) is 8. The molecule has 0 aliphatic carbocycles.